The average molecular weight is 262 g/mol. The highest BCUT2D eigenvalue weighted by molar-refractivity contribution is 7.78. The van der Waals surface area contributed by atoms with Crippen LogP contribution in [-0.2, 0) is 9.53 Å². The van der Waals surface area contributed by atoms with E-state index in [1.54, 1.807) is 24.3 Å². The summed E-state index contributed by atoms with van der Waals surface area (Å²) in [6.45, 7) is 0. The third-order valence-corrected chi connectivity index (χ3v) is 2.74. The van der Waals surface area contributed by atoms with E-state index >= 15 is 0 Å². The molecule has 1 aromatic carbocycles. The number of hydrogen-bond acceptors (Lipinski definition) is 6. The molecule has 18 heavy (non-hydrogen) atoms. The molecule has 1 aliphatic heterocycles. The molecule has 1 aromatic rings. The lowest BCUT2D eigenvalue weighted by atomic mass is 10.0. The third-order valence-electron chi connectivity index (χ3n) is 2.65. The fraction of sp³-hybridized carbons (Fsp3) is 0.250. The van der Waals surface area contributed by atoms with Crippen LogP contribution in [-0.4, -0.2) is 29.1 Å². The van der Waals surface area contributed by atoms with Crippen molar-refractivity contribution in [1.82, 2.24) is 0 Å². The highest BCUT2D eigenvalue weighted by atomic mass is 32.1. The second-order valence-electron chi connectivity index (χ2n) is 3.88. The van der Waals surface area contributed by atoms with Crippen LogP contribution in [0.25, 0.3) is 0 Å². The Balaban J connectivity index is 2.14. The first-order valence-electron chi connectivity index (χ1n) is 5.30. The molecule has 1 aliphatic rings. The smallest absolute Gasteiger partial charge is 0.323 e. The predicted octanol–water partition coefficient (Wildman–Crippen LogP) is 1.25. The van der Waals surface area contributed by atoms with E-state index in [4.69, 9.17) is 10.5 Å². The third kappa shape index (κ3) is 2.51. The number of nitrogens with zero attached hydrogens (tertiary/aromatic N) is 1. The minimum absolute atomic E-state index is 0.220. The van der Waals surface area contributed by atoms with Gasteiger partial charge in [-0.15, -0.1) is 0 Å². The standard InChI is InChI=1S/C12H10N2O3S/c13-9-5-10(17-12(9)16)11(15)7-1-3-8(4-2-7)14-6-18/h1-4,9-10H,5,13H2/t9-,10-/m1/s1. The van der Waals surface area contributed by atoms with Gasteiger partial charge in [-0.3, -0.25) is 9.59 Å². The molecule has 0 radical (unpaired) electrons. The molecule has 0 spiro atoms. The summed E-state index contributed by atoms with van der Waals surface area (Å²) in [5.41, 5.74) is 6.55. The number of nitrogens with two attached hydrogens (primary N) is 1. The number of thiocarbonyl (C=S) groups is 1. The van der Waals surface area contributed by atoms with Crippen molar-refractivity contribution in [2.45, 2.75) is 18.6 Å². The van der Waals surface area contributed by atoms with Gasteiger partial charge < -0.3 is 10.5 Å². The molecule has 0 aliphatic carbocycles. The molecule has 0 amide bonds. The van der Waals surface area contributed by atoms with Gasteiger partial charge in [-0.05, 0) is 36.5 Å². The van der Waals surface area contributed by atoms with Gasteiger partial charge in [0.15, 0.2) is 6.10 Å². The number of benzene rings is 1. The number of cyclic esters (lactones) is 1. The van der Waals surface area contributed by atoms with E-state index in [0.29, 0.717) is 11.3 Å². The first kappa shape index (κ1) is 12.6. The van der Waals surface area contributed by atoms with Crippen LogP contribution in [0.5, 0.6) is 0 Å². The van der Waals surface area contributed by atoms with Crippen LogP contribution in [0.3, 0.4) is 0 Å². The molecule has 2 N–H and O–H groups in total. The maximum absolute atomic E-state index is 12.0. The number of isothiocyanates is 1. The zero-order valence-electron chi connectivity index (χ0n) is 9.33. The number of esters is 1. The first-order chi connectivity index (χ1) is 8.61. The molecule has 6 heteroatoms. The first-order valence-corrected chi connectivity index (χ1v) is 5.71. The molecule has 2 rings (SSSR count). The van der Waals surface area contributed by atoms with Gasteiger partial charge in [-0.2, -0.15) is 4.99 Å². The summed E-state index contributed by atoms with van der Waals surface area (Å²) in [5, 5.41) is 2.24. The molecule has 0 saturated carbocycles. The van der Waals surface area contributed by atoms with Crippen molar-refractivity contribution in [3.63, 3.8) is 0 Å². The number of ketones is 1. The average Bonchev–Trinajstić information content (AvgIpc) is 2.70. The molecule has 0 aromatic heterocycles. The zero-order valence-corrected chi connectivity index (χ0v) is 10.1. The maximum Gasteiger partial charge on any atom is 0.323 e. The molecule has 1 saturated heterocycles. The molecule has 0 bridgehead atoms. The van der Waals surface area contributed by atoms with Gasteiger partial charge in [0.2, 0.25) is 5.78 Å². The van der Waals surface area contributed by atoms with Gasteiger partial charge in [0.25, 0.3) is 0 Å². The topological polar surface area (TPSA) is 81.8 Å². The van der Waals surface area contributed by atoms with Gasteiger partial charge >= 0.3 is 5.97 Å². The van der Waals surface area contributed by atoms with Gasteiger partial charge in [0.05, 0.1) is 10.8 Å². The molecule has 1 fully saturated rings. The monoisotopic (exact) mass is 262 g/mol. The van der Waals surface area contributed by atoms with Gasteiger partial charge in [-0.25, -0.2) is 0 Å². The Bertz CT molecular complexity index is 535. The summed E-state index contributed by atoms with van der Waals surface area (Å²) in [6.07, 6.45) is -0.565. The van der Waals surface area contributed by atoms with Gasteiger partial charge in [0.1, 0.15) is 6.04 Å². The Morgan fingerprint density at radius 3 is 2.61 bits per heavy atom. The SMILES string of the molecule is N[C@@H]1C[C@H](C(=O)c2ccc(N=C=S)cc2)OC1=O. The van der Waals surface area contributed by atoms with Gasteiger partial charge in [-0.1, -0.05) is 0 Å². The minimum Gasteiger partial charge on any atom is -0.453 e. The fourth-order valence-corrected chi connectivity index (χ4v) is 1.81. The van der Waals surface area contributed by atoms with Crippen molar-refractivity contribution in [3.8, 4) is 0 Å². The van der Waals surface area contributed by atoms with E-state index < -0.39 is 18.1 Å². The van der Waals surface area contributed by atoms with Crippen LogP contribution in [0.4, 0.5) is 5.69 Å². The Hall–Kier alpha value is -1.88. The number of carbonyl (C=O) groups is 2. The highest BCUT2D eigenvalue weighted by Crippen LogP contribution is 2.20. The number of carbonyl (C=O) groups excluding carboxylic acids is 2. The quantitative estimate of drug-likeness (QED) is 0.383. The Morgan fingerprint density at radius 2 is 2.11 bits per heavy atom. The fourth-order valence-electron chi connectivity index (χ4n) is 1.70. The minimum atomic E-state index is -0.785. The lowest BCUT2D eigenvalue weighted by Gasteiger charge is -2.07. The van der Waals surface area contributed by atoms with Crippen LogP contribution in [0.15, 0.2) is 29.3 Å². The summed E-state index contributed by atoms with van der Waals surface area (Å²) in [5.74, 6) is -0.788. The van der Waals surface area contributed by atoms with Crippen LogP contribution in [0.1, 0.15) is 16.8 Å². The predicted molar refractivity (Wildman–Crippen MR) is 67.9 cm³/mol. The molecule has 5 nitrogen and oxygen atoms in total. The number of Topliss-reactive ketones (excluding diaryl/α,β-unsaturated/α-hetero) is 1. The van der Waals surface area contributed by atoms with E-state index in [1.165, 1.54) is 0 Å². The van der Waals surface area contributed by atoms with Crippen molar-refractivity contribution in [2.24, 2.45) is 10.7 Å². The van der Waals surface area contributed by atoms with Crippen LogP contribution >= 0.6 is 12.2 Å². The number of aliphatic imine (C=N–C) groups is 1. The maximum atomic E-state index is 12.0. The summed E-state index contributed by atoms with van der Waals surface area (Å²) >= 11 is 4.48. The van der Waals surface area contributed by atoms with Gasteiger partial charge in [0, 0.05) is 12.0 Å². The molecule has 1 heterocycles. The summed E-state index contributed by atoms with van der Waals surface area (Å²) in [7, 11) is 0. The van der Waals surface area contributed by atoms with Crippen molar-refractivity contribution in [2.75, 3.05) is 0 Å². The van der Waals surface area contributed by atoms with E-state index in [1.807, 2.05) is 0 Å². The van der Waals surface area contributed by atoms with Crippen LogP contribution in [0, 0.1) is 0 Å². The van der Waals surface area contributed by atoms with Crippen molar-refractivity contribution in [3.05, 3.63) is 29.8 Å². The Labute approximate surface area is 109 Å². The van der Waals surface area contributed by atoms with E-state index in [2.05, 4.69) is 22.4 Å². The molecule has 0 unspecified atom stereocenters. The van der Waals surface area contributed by atoms with Crippen molar-refractivity contribution in [1.29, 1.82) is 0 Å². The second-order valence-corrected chi connectivity index (χ2v) is 4.06. The zero-order chi connectivity index (χ0) is 13.1. The van der Waals surface area contributed by atoms with Crippen molar-refractivity contribution >= 4 is 34.8 Å². The lowest BCUT2D eigenvalue weighted by molar-refractivity contribution is -0.141. The highest BCUT2D eigenvalue weighted by Gasteiger charge is 2.36. The van der Waals surface area contributed by atoms with Crippen molar-refractivity contribution < 1.29 is 14.3 Å². The lowest BCUT2D eigenvalue weighted by Crippen LogP contribution is -2.25. The van der Waals surface area contributed by atoms with E-state index in [-0.39, 0.29) is 12.2 Å². The number of ether oxygens (including phenoxy) is 1. The van der Waals surface area contributed by atoms with E-state index in [9.17, 15) is 9.59 Å². The Morgan fingerprint density at radius 1 is 1.44 bits per heavy atom. The largest absolute Gasteiger partial charge is 0.453 e. The summed E-state index contributed by atoms with van der Waals surface area (Å²) < 4.78 is 4.90. The number of hydrogen-bond donors (Lipinski definition) is 1. The molecular formula is C12H10N2O3S. The molecule has 2 atom stereocenters. The normalized spacial score (nSPS) is 22.2. The second kappa shape index (κ2) is 5.18. The van der Waals surface area contributed by atoms with Crippen LogP contribution < -0.4 is 5.73 Å². The van der Waals surface area contributed by atoms with E-state index in [0.717, 1.165) is 0 Å². The summed E-state index contributed by atoms with van der Waals surface area (Å²) in [4.78, 5) is 26.9. The molecule has 92 valence electrons. The van der Waals surface area contributed by atoms with Crippen LogP contribution in [0.2, 0.25) is 0 Å². The molecular weight excluding hydrogens is 252 g/mol. The number of rotatable bonds is 3. The Kier molecular flexibility index (Phi) is 3.62. The summed E-state index contributed by atoms with van der Waals surface area (Å²) in [6, 6.07) is 5.78.